The summed E-state index contributed by atoms with van der Waals surface area (Å²) in [6, 6.07) is 1.65. The normalized spacial score (nSPS) is 12.6. The zero-order valence-corrected chi connectivity index (χ0v) is 13.6. The van der Waals surface area contributed by atoms with E-state index in [1.54, 1.807) is 40.7 Å². The number of hydrogen-bond donors (Lipinski definition) is 2. The van der Waals surface area contributed by atoms with Crippen LogP contribution < -0.4 is 10.4 Å². The van der Waals surface area contributed by atoms with Crippen molar-refractivity contribution < 1.29 is 28.7 Å². The Kier molecular flexibility index (Phi) is 5.87. The van der Waals surface area contributed by atoms with Gasteiger partial charge in [-0.1, -0.05) is 0 Å². The Morgan fingerprint density at radius 1 is 1.29 bits per heavy atom. The van der Waals surface area contributed by atoms with Crippen molar-refractivity contribution in [3.05, 3.63) is 11.6 Å². The molecule has 0 atom stereocenters. The molecule has 0 aromatic carbocycles. The molecule has 7 heteroatoms. The van der Waals surface area contributed by atoms with Gasteiger partial charge in [0.05, 0.1) is 11.2 Å². The molecule has 0 bridgehead atoms. The van der Waals surface area contributed by atoms with Crippen molar-refractivity contribution in [2.75, 3.05) is 13.4 Å². The van der Waals surface area contributed by atoms with Gasteiger partial charge >= 0.3 is 7.12 Å². The number of ether oxygens (including phenoxy) is 2. The van der Waals surface area contributed by atoms with Crippen LogP contribution in [0.5, 0.6) is 5.95 Å². The summed E-state index contributed by atoms with van der Waals surface area (Å²) in [7, 11) is -1.30. The summed E-state index contributed by atoms with van der Waals surface area (Å²) in [6.07, 6.45) is 0. The topological polar surface area (TPSA) is 81.3 Å². The van der Waals surface area contributed by atoms with Gasteiger partial charge in [-0.2, -0.15) is 0 Å². The molecular weight excluding hydrogens is 275 g/mol. The van der Waals surface area contributed by atoms with Crippen LogP contribution >= 0.6 is 0 Å². The van der Waals surface area contributed by atoms with Crippen molar-refractivity contribution in [2.45, 2.75) is 52.7 Å². The summed E-state index contributed by atoms with van der Waals surface area (Å²) in [5.74, 6) is 0.250. The van der Waals surface area contributed by atoms with Gasteiger partial charge in [-0.3, -0.25) is 0 Å². The highest BCUT2D eigenvalue weighted by atomic mass is 16.7. The fraction of sp³-hybridized carbons (Fsp3) is 0.714. The van der Waals surface area contributed by atoms with Gasteiger partial charge in [-0.25, -0.2) is 0 Å². The SMILES string of the molecule is CCOCOc1cc(C)c(B(O)OC(C)(C)C(C)(C)O)o1. The molecule has 2 N–H and O–H groups in total. The molecule has 0 aliphatic rings. The maximum absolute atomic E-state index is 10.2. The molecule has 120 valence electrons. The van der Waals surface area contributed by atoms with Crippen LogP contribution in [0.15, 0.2) is 10.5 Å². The van der Waals surface area contributed by atoms with Gasteiger partial charge in [0.15, 0.2) is 6.79 Å². The van der Waals surface area contributed by atoms with Gasteiger partial charge in [-0.15, -0.1) is 0 Å². The smallest absolute Gasteiger partial charge is 0.438 e. The van der Waals surface area contributed by atoms with Gasteiger partial charge in [0.2, 0.25) is 0 Å². The van der Waals surface area contributed by atoms with Crippen molar-refractivity contribution in [1.29, 1.82) is 0 Å². The number of hydrogen-bond acceptors (Lipinski definition) is 6. The Balaban J connectivity index is 2.76. The minimum atomic E-state index is -1.30. The van der Waals surface area contributed by atoms with Gasteiger partial charge in [-0.05, 0) is 47.1 Å². The molecule has 0 saturated heterocycles. The molecule has 1 aromatic rings. The van der Waals surface area contributed by atoms with Crippen molar-refractivity contribution in [1.82, 2.24) is 0 Å². The quantitative estimate of drug-likeness (QED) is 0.427. The number of furan rings is 1. The minimum absolute atomic E-state index is 0.0784. The van der Waals surface area contributed by atoms with E-state index < -0.39 is 18.3 Å². The highest BCUT2D eigenvalue weighted by Crippen LogP contribution is 2.26. The zero-order chi connectivity index (χ0) is 16.3. The van der Waals surface area contributed by atoms with Crippen LogP contribution in [-0.2, 0) is 9.39 Å². The molecule has 1 aromatic heterocycles. The lowest BCUT2D eigenvalue weighted by molar-refractivity contribution is -0.0987. The Labute approximate surface area is 126 Å². The zero-order valence-electron chi connectivity index (χ0n) is 13.6. The molecule has 0 radical (unpaired) electrons. The van der Waals surface area contributed by atoms with E-state index in [9.17, 15) is 10.1 Å². The van der Waals surface area contributed by atoms with Gasteiger partial charge in [0.25, 0.3) is 5.95 Å². The first kappa shape index (κ1) is 18.0. The first-order valence-corrected chi connectivity index (χ1v) is 6.97. The first-order valence-electron chi connectivity index (χ1n) is 6.97. The molecule has 0 fully saturated rings. The van der Waals surface area contributed by atoms with Crippen molar-refractivity contribution in [2.24, 2.45) is 0 Å². The second kappa shape index (κ2) is 6.83. The molecule has 0 aliphatic carbocycles. The van der Waals surface area contributed by atoms with E-state index in [1.165, 1.54) is 0 Å². The summed E-state index contributed by atoms with van der Waals surface area (Å²) in [6.45, 7) is 10.9. The van der Waals surface area contributed by atoms with E-state index in [0.29, 0.717) is 12.2 Å². The van der Waals surface area contributed by atoms with E-state index in [1.807, 2.05) is 6.92 Å². The molecule has 6 nitrogen and oxygen atoms in total. The van der Waals surface area contributed by atoms with Crippen LogP contribution in [-0.4, -0.2) is 41.9 Å². The molecule has 0 unspecified atom stereocenters. The summed E-state index contributed by atoms with van der Waals surface area (Å²) in [5, 5.41) is 20.2. The lowest BCUT2D eigenvalue weighted by atomic mass is 9.79. The van der Waals surface area contributed by atoms with Crippen LogP contribution in [0, 0.1) is 6.92 Å². The minimum Gasteiger partial charge on any atom is -0.438 e. The lowest BCUT2D eigenvalue weighted by Crippen LogP contribution is -2.53. The summed E-state index contributed by atoms with van der Waals surface area (Å²) in [4.78, 5) is 0. The second-order valence-corrected chi connectivity index (χ2v) is 5.91. The third-order valence-corrected chi connectivity index (χ3v) is 3.53. The van der Waals surface area contributed by atoms with Crippen LogP contribution in [0.25, 0.3) is 0 Å². The first-order chi connectivity index (χ1) is 9.58. The highest BCUT2D eigenvalue weighted by Gasteiger charge is 2.41. The fourth-order valence-corrected chi connectivity index (χ4v) is 1.44. The Morgan fingerprint density at radius 2 is 1.90 bits per heavy atom. The maximum Gasteiger partial charge on any atom is 0.530 e. The summed E-state index contributed by atoms with van der Waals surface area (Å²) in [5.41, 5.74) is -1.14. The fourth-order valence-electron chi connectivity index (χ4n) is 1.44. The molecular formula is C14H25BO6. The number of aliphatic hydroxyl groups is 1. The molecule has 1 rings (SSSR count). The summed E-state index contributed by atoms with van der Waals surface area (Å²) >= 11 is 0. The second-order valence-electron chi connectivity index (χ2n) is 5.91. The predicted molar refractivity (Wildman–Crippen MR) is 79.6 cm³/mol. The van der Waals surface area contributed by atoms with Crippen LogP contribution in [0.3, 0.4) is 0 Å². The standard InChI is InChI=1S/C14H25BO6/c1-7-18-9-19-11-8-10(2)12(20-11)15(17)21-14(5,6)13(3,4)16/h8,16-17H,7,9H2,1-6H3. The van der Waals surface area contributed by atoms with E-state index in [0.717, 1.165) is 0 Å². The van der Waals surface area contributed by atoms with E-state index in [-0.39, 0.29) is 18.4 Å². The lowest BCUT2D eigenvalue weighted by Gasteiger charge is -2.38. The average molecular weight is 300 g/mol. The van der Waals surface area contributed by atoms with Gasteiger partial charge in [0, 0.05) is 12.7 Å². The Morgan fingerprint density at radius 3 is 2.43 bits per heavy atom. The van der Waals surface area contributed by atoms with Crippen molar-refractivity contribution in [3.8, 4) is 5.95 Å². The van der Waals surface area contributed by atoms with Gasteiger partial charge < -0.3 is 28.7 Å². The predicted octanol–water partition coefficient (Wildman–Crippen LogP) is 1.21. The van der Waals surface area contributed by atoms with E-state index >= 15 is 0 Å². The molecule has 0 spiro atoms. The maximum atomic E-state index is 10.2. The van der Waals surface area contributed by atoms with Crippen molar-refractivity contribution >= 4 is 12.8 Å². The third-order valence-electron chi connectivity index (χ3n) is 3.53. The molecule has 0 aliphatic heterocycles. The molecule has 0 amide bonds. The molecule has 21 heavy (non-hydrogen) atoms. The molecule has 1 heterocycles. The van der Waals surface area contributed by atoms with E-state index in [2.05, 4.69) is 0 Å². The number of rotatable bonds is 8. The highest BCUT2D eigenvalue weighted by molar-refractivity contribution is 6.59. The number of aryl methyl sites for hydroxylation is 1. The van der Waals surface area contributed by atoms with Crippen molar-refractivity contribution in [3.63, 3.8) is 0 Å². The van der Waals surface area contributed by atoms with Crippen LogP contribution in [0.2, 0.25) is 0 Å². The largest absolute Gasteiger partial charge is 0.530 e. The Bertz CT molecular complexity index is 449. The monoisotopic (exact) mass is 300 g/mol. The van der Waals surface area contributed by atoms with Crippen LogP contribution in [0.1, 0.15) is 40.2 Å². The molecule has 0 saturated carbocycles. The Hall–Kier alpha value is -1.02. The van der Waals surface area contributed by atoms with Crippen LogP contribution in [0.4, 0.5) is 0 Å². The van der Waals surface area contributed by atoms with Gasteiger partial charge in [0.1, 0.15) is 5.66 Å². The third kappa shape index (κ3) is 4.74. The average Bonchev–Trinajstić information content (AvgIpc) is 2.69. The van der Waals surface area contributed by atoms with E-state index in [4.69, 9.17) is 18.5 Å². The summed E-state index contributed by atoms with van der Waals surface area (Å²) < 4.78 is 21.3.